The van der Waals surface area contributed by atoms with Crippen molar-refractivity contribution in [2.24, 2.45) is 0 Å². The van der Waals surface area contributed by atoms with E-state index < -0.39 is 6.09 Å². The first-order valence-electron chi connectivity index (χ1n) is 6.57. The zero-order chi connectivity index (χ0) is 13.9. The average molecular weight is 266 g/mol. The number of carbonyl (C=O) groups excluding carboxylic acids is 1. The normalized spacial score (nSPS) is 11.9. The third-order valence-corrected chi connectivity index (χ3v) is 2.41. The summed E-state index contributed by atoms with van der Waals surface area (Å²) in [6.45, 7) is 4.71. The maximum atomic E-state index is 11.3. The first-order chi connectivity index (χ1) is 9.22. The number of hydrogen-bond donors (Lipinski definition) is 2. The lowest BCUT2D eigenvalue weighted by Crippen LogP contribution is -2.43. The first-order valence-corrected chi connectivity index (χ1v) is 6.57. The summed E-state index contributed by atoms with van der Waals surface area (Å²) in [7, 11) is 0. The molecule has 2 N–H and O–H groups in total. The third-order valence-electron chi connectivity index (χ3n) is 2.41. The Hall–Kier alpha value is -1.59. The van der Waals surface area contributed by atoms with E-state index in [2.05, 4.69) is 10.8 Å². The number of amides is 1. The molecule has 0 bridgehead atoms. The fraction of sp³-hybridized carbons (Fsp3) is 0.500. The summed E-state index contributed by atoms with van der Waals surface area (Å²) >= 11 is 0. The van der Waals surface area contributed by atoms with Crippen LogP contribution in [0.4, 0.5) is 4.79 Å². The van der Waals surface area contributed by atoms with E-state index in [0.29, 0.717) is 13.2 Å². The Morgan fingerprint density at radius 2 is 2.05 bits per heavy atom. The predicted octanol–water partition coefficient (Wildman–Crippen LogP) is 2.58. The van der Waals surface area contributed by atoms with E-state index >= 15 is 0 Å². The molecule has 1 unspecified atom stereocenters. The molecule has 1 atom stereocenters. The van der Waals surface area contributed by atoms with Crippen LogP contribution in [0, 0.1) is 0 Å². The van der Waals surface area contributed by atoms with Gasteiger partial charge in [0.25, 0.3) is 0 Å². The van der Waals surface area contributed by atoms with Gasteiger partial charge in [0, 0.05) is 0 Å². The van der Waals surface area contributed by atoms with Crippen LogP contribution in [-0.2, 0) is 16.2 Å². The molecule has 0 heterocycles. The zero-order valence-electron chi connectivity index (χ0n) is 11.5. The minimum atomic E-state index is -0.434. The van der Waals surface area contributed by atoms with Crippen molar-refractivity contribution in [1.82, 2.24) is 10.8 Å². The highest BCUT2D eigenvalue weighted by molar-refractivity contribution is 5.67. The van der Waals surface area contributed by atoms with Crippen LogP contribution in [0.1, 0.15) is 32.3 Å². The molecule has 0 saturated heterocycles. The highest BCUT2D eigenvalue weighted by atomic mass is 16.6. The van der Waals surface area contributed by atoms with E-state index in [-0.39, 0.29) is 6.17 Å². The summed E-state index contributed by atoms with van der Waals surface area (Å²) < 4.78 is 4.97. The fourth-order valence-electron chi connectivity index (χ4n) is 1.38. The largest absolute Gasteiger partial charge is 0.450 e. The van der Waals surface area contributed by atoms with Crippen LogP contribution in [0.25, 0.3) is 0 Å². The molecule has 106 valence electrons. The number of alkyl carbamates (subject to hydrolysis) is 1. The number of hydroxylamine groups is 1. The summed E-state index contributed by atoms with van der Waals surface area (Å²) in [5.74, 6) is 0. The van der Waals surface area contributed by atoms with Crippen molar-refractivity contribution in [3.8, 4) is 0 Å². The fourth-order valence-corrected chi connectivity index (χ4v) is 1.38. The molecular formula is C14H22N2O3. The van der Waals surface area contributed by atoms with Gasteiger partial charge in [-0.15, -0.1) is 0 Å². The highest BCUT2D eigenvalue weighted by Gasteiger charge is 2.07. The molecule has 0 spiro atoms. The standard InChI is InChI=1S/C14H22N2O3/c1-3-4-10-18-14(17)15-12(2)16-19-11-13-8-6-5-7-9-13/h5-9,12,16H,3-4,10-11H2,1-2H3,(H,15,17). The molecule has 0 aliphatic heterocycles. The van der Waals surface area contributed by atoms with Crippen molar-refractivity contribution >= 4 is 6.09 Å². The number of ether oxygens (including phenoxy) is 1. The van der Waals surface area contributed by atoms with E-state index in [1.807, 2.05) is 37.3 Å². The van der Waals surface area contributed by atoms with Gasteiger partial charge in [-0.05, 0) is 18.9 Å². The molecule has 5 nitrogen and oxygen atoms in total. The van der Waals surface area contributed by atoms with Crippen molar-refractivity contribution in [3.63, 3.8) is 0 Å². The van der Waals surface area contributed by atoms with Crippen LogP contribution in [0.5, 0.6) is 0 Å². The molecular weight excluding hydrogens is 244 g/mol. The zero-order valence-corrected chi connectivity index (χ0v) is 11.5. The van der Waals surface area contributed by atoms with Gasteiger partial charge in [0.05, 0.1) is 13.2 Å². The lowest BCUT2D eigenvalue weighted by molar-refractivity contribution is -0.000349. The van der Waals surface area contributed by atoms with E-state index in [0.717, 1.165) is 18.4 Å². The second kappa shape index (κ2) is 9.35. The number of unbranched alkanes of at least 4 members (excludes halogenated alkanes) is 1. The molecule has 1 rings (SSSR count). The minimum Gasteiger partial charge on any atom is -0.450 e. The summed E-state index contributed by atoms with van der Waals surface area (Å²) in [5.41, 5.74) is 3.80. The van der Waals surface area contributed by atoms with E-state index in [1.54, 1.807) is 6.92 Å². The second-order valence-electron chi connectivity index (χ2n) is 4.25. The number of benzene rings is 1. The van der Waals surface area contributed by atoms with Crippen molar-refractivity contribution < 1.29 is 14.4 Å². The second-order valence-corrected chi connectivity index (χ2v) is 4.25. The Kier molecular flexibility index (Phi) is 7.62. The molecule has 0 fully saturated rings. The summed E-state index contributed by atoms with van der Waals surface area (Å²) in [6.07, 6.45) is 1.13. The molecule has 0 aromatic heterocycles. The Morgan fingerprint density at radius 1 is 1.32 bits per heavy atom. The number of nitrogens with one attached hydrogen (secondary N) is 2. The molecule has 1 aromatic rings. The minimum absolute atomic E-state index is 0.308. The summed E-state index contributed by atoms with van der Waals surface area (Å²) in [4.78, 5) is 16.6. The Morgan fingerprint density at radius 3 is 2.74 bits per heavy atom. The van der Waals surface area contributed by atoms with E-state index in [9.17, 15) is 4.79 Å². The van der Waals surface area contributed by atoms with Gasteiger partial charge in [-0.25, -0.2) is 4.79 Å². The third kappa shape index (κ3) is 7.43. The van der Waals surface area contributed by atoms with Gasteiger partial charge in [-0.3, -0.25) is 4.84 Å². The SMILES string of the molecule is CCCCOC(=O)NC(C)NOCc1ccccc1. The topological polar surface area (TPSA) is 59.6 Å². The van der Waals surface area contributed by atoms with Crippen LogP contribution >= 0.6 is 0 Å². The smallest absolute Gasteiger partial charge is 0.408 e. The quantitative estimate of drug-likeness (QED) is 0.431. The number of rotatable bonds is 8. The maximum absolute atomic E-state index is 11.3. The van der Waals surface area contributed by atoms with Crippen molar-refractivity contribution in [2.45, 2.75) is 39.5 Å². The molecule has 0 saturated carbocycles. The van der Waals surface area contributed by atoms with Crippen LogP contribution in [0.2, 0.25) is 0 Å². The van der Waals surface area contributed by atoms with Gasteiger partial charge in [-0.2, -0.15) is 5.48 Å². The highest BCUT2D eigenvalue weighted by Crippen LogP contribution is 1.99. The van der Waals surface area contributed by atoms with Gasteiger partial charge in [0.15, 0.2) is 0 Å². The molecule has 0 aliphatic rings. The lowest BCUT2D eigenvalue weighted by Gasteiger charge is -2.15. The average Bonchev–Trinajstić information content (AvgIpc) is 2.40. The first kappa shape index (κ1) is 15.5. The predicted molar refractivity (Wildman–Crippen MR) is 73.2 cm³/mol. The summed E-state index contributed by atoms with van der Waals surface area (Å²) in [5, 5.41) is 2.63. The summed E-state index contributed by atoms with van der Waals surface area (Å²) in [6, 6.07) is 9.79. The number of carbonyl (C=O) groups is 1. The van der Waals surface area contributed by atoms with Gasteiger partial charge >= 0.3 is 6.09 Å². The van der Waals surface area contributed by atoms with Crippen LogP contribution in [0.15, 0.2) is 30.3 Å². The Labute approximate surface area is 114 Å². The van der Waals surface area contributed by atoms with Crippen molar-refractivity contribution in [2.75, 3.05) is 6.61 Å². The van der Waals surface area contributed by atoms with E-state index in [4.69, 9.17) is 9.57 Å². The molecule has 0 radical (unpaired) electrons. The Bertz CT molecular complexity index is 357. The van der Waals surface area contributed by atoms with Crippen molar-refractivity contribution in [3.05, 3.63) is 35.9 Å². The maximum Gasteiger partial charge on any atom is 0.408 e. The van der Waals surface area contributed by atoms with Crippen LogP contribution < -0.4 is 10.8 Å². The number of hydrogen-bond acceptors (Lipinski definition) is 4. The molecule has 1 amide bonds. The Balaban J connectivity index is 2.10. The van der Waals surface area contributed by atoms with Gasteiger partial charge in [0.2, 0.25) is 0 Å². The van der Waals surface area contributed by atoms with E-state index in [1.165, 1.54) is 0 Å². The van der Waals surface area contributed by atoms with Gasteiger partial charge in [-0.1, -0.05) is 43.7 Å². The molecule has 1 aromatic carbocycles. The molecule has 5 heteroatoms. The lowest BCUT2D eigenvalue weighted by atomic mass is 10.2. The van der Waals surface area contributed by atoms with Crippen LogP contribution in [-0.4, -0.2) is 18.9 Å². The van der Waals surface area contributed by atoms with Crippen molar-refractivity contribution in [1.29, 1.82) is 0 Å². The molecule has 19 heavy (non-hydrogen) atoms. The van der Waals surface area contributed by atoms with Gasteiger partial charge in [0.1, 0.15) is 6.17 Å². The monoisotopic (exact) mass is 266 g/mol. The van der Waals surface area contributed by atoms with Crippen LogP contribution in [0.3, 0.4) is 0 Å². The van der Waals surface area contributed by atoms with Gasteiger partial charge < -0.3 is 10.1 Å². The molecule has 0 aliphatic carbocycles.